The third-order valence-electron chi connectivity index (χ3n) is 4.12. The van der Waals surface area contributed by atoms with E-state index in [0.717, 1.165) is 12.4 Å². The van der Waals surface area contributed by atoms with E-state index in [1.807, 2.05) is 11.9 Å². The molecule has 1 N–H and O–H groups in total. The lowest BCUT2D eigenvalue weighted by molar-refractivity contribution is 0.0525. The molecular weight excluding hydrogens is 280 g/mol. The summed E-state index contributed by atoms with van der Waals surface area (Å²) in [5.41, 5.74) is 1.04. The molecule has 7 nitrogen and oxygen atoms in total. The van der Waals surface area contributed by atoms with Crippen molar-refractivity contribution in [2.75, 3.05) is 26.7 Å². The molecular formula is C15H18N6O. The Morgan fingerprint density at radius 1 is 1.45 bits per heavy atom. The van der Waals surface area contributed by atoms with Crippen molar-refractivity contribution in [2.45, 2.75) is 6.04 Å². The Kier molecular flexibility index (Phi) is 3.69. The number of aryl methyl sites for hydroxylation is 1. The van der Waals surface area contributed by atoms with Crippen LogP contribution in [0.3, 0.4) is 0 Å². The first-order valence-electron chi connectivity index (χ1n) is 7.15. The number of rotatable bonds is 2. The van der Waals surface area contributed by atoms with Crippen LogP contribution in [-0.4, -0.2) is 56.9 Å². The average Bonchev–Trinajstić information content (AvgIpc) is 3.16. The van der Waals surface area contributed by atoms with Crippen LogP contribution in [0, 0.1) is 11.3 Å². The zero-order valence-corrected chi connectivity index (χ0v) is 12.7. The summed E-state index contributed by atoms with van der Waals surface area (Å²) in [5.74, 6) is 0.818. The van der Waals surface area contributed by atoms with Gasteiger partial charge in [0.2, 0.25) is 0 Å². The lowest BCUT2D eigenvalue weighted by Gasteiger charge is -2.38. The molecule has 1 fully saturated rings. The predicted octanol–water partition coefficient (Wildman–Crippen LogP) is 0.749. The minimum atomic E-state index is -0.0475. The number of H-pyrrole nitrogens is 1. The molecule has 0 bridgehead atoms. The van der Waals surface area contributed by atoms with Gasteiger partial charge >= 0.3 is 0 Å². The summed E-state index contributed by atoms with van der Waals surface area (Å²) in [6.45, 7) is 2.03. The minimum Gasteiger partial charge on any atom is -0.347 e. The zero-order chi connectivity index (χ0) is 15.7. The first kappa shape index (κ1) is 14.4. The van der Waals surface area contributed by atoms with Crippen molar-refractivity contribution < 1.29 is 4.79 Å². The van der Waals surface area contributed by atoms with Crippen LogP contribution in [-0.2, 0) is 7.05 Å². The Morgan fingerprint density at radius 3 is 2.91 bits per heavy atom. The van der Waals surface area contributed by atoms with E-state index in [4.69, 9.17) is 5.26 Å². The number of imidazole rings is 1. The zero-order valence-electron chi connectivity index (χ0n) is 12.7. The standard InChI is InChI=1S/C15H18N6O/c1-19-5-6-21(10-13(19)14-17-3-4-18-14)15(22)12-7-11(8-16)9-20(12)2/h3-4,7,9,13H,5-6,10H2,1-2H3,(H,17,18). The Bertz CT molecular complexity index is 711. The molecule has 1 aliphatic rings. The first-order valence-corrected chi connectivity index (χ1v) is 7.15. The van der Waals surface area contributed by atoms with E-state index in [-0.39, 0.29) is 11.9 Å². The maximum absolute atomic E-state index is 12.7. The van der Waals surface area contributed by atoms with Gasteiger partial charge in [0.05, 0.1) is 11.6 Å². The van der Waals surface area contributed by atoms with Crippen molar-refractivity contribution in [1.29, 1.82) is 5.26 Å². The Labute approximate surface area is 128 Å². The summed E-state index contributed by atoms with van der Waals surface area (Å²) in [4.78, 5) is 24.2. The van der Waals surface area contributed by atoms with Crippen LogP contribution in [0.15, 0.2) is 24.7 Å². The van der Waals surface area contributed by atoms with Crippen LogP contribution in [0.5, 0.6) is 0 Å². The third kappa shape index (κ3) is 2.49. The summed E-state index contributed by atoms with van der Waals surface area (Å²) < 4.78 is 1.71. The fourth-order valence-corrected chi connectivity index (χ4v) is 2.81. The number of nitrogens with zero attached hydrogens (tertiary/aromatic N) is 5. The molecule has 1 amide bonds. The lowest BCUT2D eigenvalue weighted by Crippen LogP contribution is -2.49. The maximum Gasteiger partial charge on any atom is 0.270 e. The highest BCUT2D eigenvalue weighted by atomic mass is 16.2. The normalized spacial score (nSPS) is 19.1. The second kappa shape index (κ2) is 5.66. The summed E-state index contributed by atoms with van der Waals surface area (Å²) in [6.07, 6.45) is 5.19. The number of amides is 1. The number of nitriles is 1. The van der Waals surface area contributed by atoms with Crippen molar-refractivity contribution in [1.82, 2.24) is 24.3 Å². The van der Waals surface area contributed by atoms with Gasteiger partial charge in [0.1, 0.15) is 17.6 Å². The number of carbonyl (C=O) groups is 1. The van der Waals surface area contributed by atoms with Gasteiger partial charge < -0.3 is 14.5 Å². The van der Waals surface area contributed by atoms with Gasteiger partial charge in [-0.2, -0.15) is 5.26 Å². The van der Waals surface area contributed by atoms with E-state index in [2.05, 4.69) is 20.9 Å². The highest BCUT2D eigenvalue weighted by Gasteiger charge is 2.31. The molecule has 114 valence electrons. The van der Waals surface area contributed by atoms with E-state index < -0.39 is 0 Å². The van der Waals surface area contributed by atoms with E-state index in [1.165, 1.54) is 0 Å². The smallest absolute Gasteiger partial charge is 0.270 e. The molecule has 1 saturated heterocycles. The molecule has 1 aliphatic heterocycles. The number of aromatic nitrogens is 3. The largest absolute Gasteiger partial charge is 0.347 e. The maximum atomic E-state index is 12.7. The number of aromatic amines is 1. The van der Waals surface area contributed by atoms with Crippen LogP contribution >= 0.6 is 0 Å². The summed E-state index contributed by atoms with van der Waals surface area (Å²) in [7, 11) is 3.82. The van der Waals surface area contributed by atoms with Crippen LogP contribution in [0.4, 0.5) is 0 Å². The van der Waals surface area contributed by atoms with Crippen LogP contribution in [0.1, 0.15) is 27.9 Å². The van der Waals surface area contributed by atoms with Gasteiger partial charge in [-0.3, -0.25) is 9.69 Å². The quantitative estimate of drug-likeness (QED) is 0.887. The SMILES string of the molecule is CN1CCN(C(=O)c2cc(C#N)cn2C)CC1c1ncc[nH]1. The van der Waals surface area contributed by atoms with Crippen molar-refractivity contribution in [3.05, 3.63) is 41.7 Å². The Balaban J connectivity index is 1.81. The fraction of sp³-hybridized carbons (Fsp3) is 0.400. The number of piperazine rings is 1. The number of hydrogen-bond donors (Lipinski definition) is 1. The minimum absolute atomic E-state index is 0.0475. The summed E-state index contributed by atoms with van der Waals surface area (Å²) >= 11 is 0. The Morgan fingerprint density at radius 2 is 2.27 bits per heavy atom. The third-order valence-corrected chi connectivity index (χ3v) is 4.12. The van der Waals surface area contributed by atoms with Crippen molar-refractivity contribution in [3.63, 3.8) is 0 Å². The highest BCUT2D eigenvalue weighted by Crippen LogP contribution is 2.22. The van der Waals surface area contributed by atoms with Gasteiger partial charge in [0.15, 0.2) is 0 Å². The second-order valence-electron chi connectivity index (χ2n) is 5.56. The van der Waals surface area contributed by atoms with Gasteiger partial charge in [-0.05, 0) is 13.1 Å². The van der Waals surface area contributed by atoms with Gasteiger partial charge in [-0.15, -0.1) is 0 Å². The highest BCUT2D eigenvalue weighted by molar-refractivity contribution is 5.93. The molecule has 1 atom stereocenters. The van der Waals surface area contributed by atoms with Crippen LogP contribution in [0.25, 0.3) is 0 Å². The van der Waals surface area contributed by atoms with E-state index in [1.54, 1.807) is 36.3 Å². The molecule has 7 heteroatoms. The molecule has 0 aliphatic carbocycles. The molecule has 2 aromatic rings. The fourth-order valence-electron chi connectivity index (χ4n) is 2.81. The van der Waals surface area contributed by atoms with E-state index in [9.17, 15) is 4.79 Å². The predicted molar refractivity (Wildman–Crippen MR) is 80.0 cm³/mol. The van der Waals surface area contributed by atoms with Crippen molar-refractivity contribution >= 4 is 5.91 Å². The second-order valence-corrected chi connectivity index (χ2v) is 5.56. The number of carbonyl (C=O) groups excluding carboxylic acids is 1. The molecule has 0 aromatic carbocycles. The van der Waals surface area contributed by atoms with Gasteiger partial charge in [0, 0.05) is 45.3 Å². The van der Waals surface area contributed by atoms with E-state index in [0.29, 0.717) is 24.3 Å². The molecule has 0 saturated carbocycles. The number of hydrogen-bond acceptors (Lipinski definition) is 4. The topological polar surface area (TPSA) is 80.9 Å². The molecule has 2 aromatic heterocycles. The average molecular weight is 298 g/mol. The molecule has 3 rings (SSSR count). The molecule has 1 unspecified atom stereocenters. The monoisotopic (exact) mass is 298 g/mol. The van der Waals surface area contributed by atoms with Gasteiger partial charge in [-0.25, -0.2) is 4.98 Å². The first-order chi connectivity index (χ1) is 10.6. The van der Waals surface area contributed by atoms with Crippen LogP contribution in [0.2, 0.25) is 0 Å². The van der Waals surface area contributed by atoms with Gasteiger partial charge in [0.25, 0.3) is 5.91 Å². The summed E-state index contributed by atoms with van der Waals surface area (Å²) in [6, 6.07) is 3.77. The van der Waals surface area contributed by atoms with Crippen molar-refractivity contribution in [2.24, 2.45) is 7.05 Å². The van der Waals surface area contributed by atoms with Crippen LogP contribution < -0.4 is 0 Å². The molecule has 0 radical (unpaired) electrons. The number of likely N-dealkylation sites (N-methyl/N-ethyl adjacent to an activating group) is 1. The van der Waals surface area contributed by atoms with Crippen molar-refractivity contribution in [3.8, 4) is 6.07 Å². The lowest BCUT2D eigenvalue weighted by atomic mass is 10.1. The molecule has 0 spiro atoms. The van der Waals surface area contributed by atoms with Gasteiger partial charge in [-0.1, -0.05) is 0 Å². The molecule has 3 heterocycles. The number of nitrogens with one attached hydrogen (secondary N) is 1. The molecule has 22 heavy (non-hydrogen) atoms. The van der Waals surface area contributed by atoms with E-state index >= 15 is 0 Å². The Hall–Kier alpha value is -2.59. The summed E-state index contributed by atoms with van der Waals surface area (Å²) in [5, 5.41) is 8.96.